The van der Waals surface area contributed by atoms with E-state index in [1.807, 2.05) is 25.1 Å². The van der Waals surface area contributed by atoms with Gasteiger partial charge in [-0.3, -0.25) is 9.59 Å². The third-order valence-electron chi connectivity index (χ3n) is 8.16. The highest BCUT2D eigenvalue weighted by atomic mass is 16.5. The summed E-state index contributed by atoms with van der Waals surface area (Å²) in [4.78, 5) is 31.4. The van der Waals surface area contributed by atoms with Crippen LogP contribution in [0, 0.1) is 30.6 Å². The first-order valence-corrected chi connectivity index (χ1v) is 13.4. The molecule has 1 aliphatic heterocycles. The fourth-order valence-corrected chi connectivity index (χ4v) is 5.60. The van der Waals surface area contributed by atoms with Gasteiger partial charge < -0.3 is 24.7 Å². The highest BCUT2D eigenvalue weighted by molar-refractivity contribution is 5.90. The second kappa shape index (κ2) is 11.8. The van der Waals surface area contributed by atoms with Crippen molar-refractivity contribution >= 4 is 22.8 Å². The first-order chi connectivity index (χ1) is 18.1. The summed E-state index contributed by atoms with van der Waals surface area (Å²) in [5, 5.41) is 25.3. The molecule has 38 heavy (non-hydrogen) atoms. The number of carbonyl (C=O) groups excluding carboxylic acids is 2. The van der Waals surface area contributed by atoms with Crippen LogP contribution in [-0.4, -0.2) is 51.8 Å². The minimum atomic E-state index is -1.18. The molecule has 1 aliphatic carbocycles. The molecule has 2 aliphatic rings. The lowest BCUT2D eigenvalue weighted by atomic mass is 9.58. The molecule has 1 saturated carbocycles. The Labute approximate surface area is 223 Å². The van der Waals surface area contributed by atoms with E-state index in [0.717, 1.165) is 17.6 Å². The van der Waals surface area contributed by atoms with Crippen molar-refractivity contribution in [2.45, 2.75) is 90.1 Å². The monoisotopic (exact) mass is 522 g/mol. The molecule has 8 nitrogen and oxygen atoms in total. The van der Waals surface area contributed by atoms with Crippen molar-refractivity contribution in [1.29, 1.82) is 0 Å². The van der Waals surface area contributed by atoms with Crippen LogP contribution in [0.3, 0.4) is 0 Å². The van der Waals surface area contributed by atoms with E-state index >= 15 is 0 Å². The van der Waals surface area contributed by atoms with Crippen LogP contribution in [0.2, 0.25) is 0 Å². The van der Waals surface area contributed by atoms with E-state index in [-0.39, 0.29) is 30.6 Å². The quantitative estimate of drug-likeness (QED) is 0.404. The Kier molecular flexibility index (Phi) is 8.71. The lowest BCUT2D eigenvalue weighted by molar-refractivity contribution is -0.157. The van der Waals surface area contributed by atoms with Gasteiger partial charge >= 0.3 is 0 Å². The van der Waals surface area contributed by atoms with Crippen molar-refractivity contribution in [2.75, 3.05) is 6.61 Å². The largest absolute Gasteiger partial charge is 0.441 e. The first kappa shape index (κ1) is 28.0. The van der Waals surface area contributed by atoms with E-state index < -0.39 is 29.6 Å². The van der Waals surface area contributed by atoms with Crippen LogP contribution in [0.5, 0.6) is 0 Å². The topological polar surface area (TPSA) is 122 Å². The number of nitrogens with zero attached hydrogens (tertiary/aromatic N) is 1. The summed E-state index contributed by atoms with van der Waals surface area (Å²) in [5.74, 6) is 1.58. The molecule has 204 valence electrons. The number of hydrogen-bond donors (Lipinski definition) is 3. The van der Waals surface area contributed by atoms with Crippen LogP contribution in [0.25, 0.3) is 11.1 Å². The molecule has 1 spiro atoms. The Morgan fingerprint density at radius 3 is 2.68 bits per heavy atom. The molecule has 1 aromatic carbocycles. The van der Waals surface area contributed by atoms with Crippen molar-refractivity contribution in [3.63, 3.8) is 0 Å². The van der Waals surface area contributed by atoms with Crippen LogP contribution < -0.4 is 5.32 Å². The fraction of sp³-hybridized carbons (Fsp3) is 0.567. The molecule has 2 aromatic rings. The van der Waals surface area contributed by atoms with Crippen molar-refractivity contribution in [3.8, 4) is 12.3 Å². The second-order valence-electron chi connectivity index (χ2n) is 10.8. The van der Waals surface area contributed by atoms with Crippen LogP contribution >= 0.6 is 0 Å². The van der Waals surface area contributed by atoms with E-state index in [2.05, 4.69) is 22.3 Å². The second-order valence-corrected chi connectivity index (χ2v) is 10.8. The molecular formula is C30H38N2O6. The van der Waals surface area contributed by atoms with Gasteiger partial charge in [0.15, 0.2) is 11.5 Å². The number of nitrogens with one attached hydrogen (secondary N) is 1. The molecule has 2 heterocycles. The minimum absolute atomic E-state index is 0.0410. The molecule has 0 radical (unpaired) electrons. The molecule has 1 fully saturated rings. The fourth-order valence-electron chi connectivity index (χ4n) is 5.60. The van der Waals surface area contributed by atoms with Gasteiger partial charge in [0.1, 0.15) is 11.3 Å². The summed E-state index contributed by atoms with van der Waals surface area (Å²) in [6.07, 6.45) is 7.39. The zero-order valence-corrected chi connectivity index (χ0v) is 22.4. The lowest BCUT2D eigenvalue weighted by Crippen LogP contribution is -2.54. The maximum absolute atomic E-state index is 13.7. The number of fused-ring (bicyclic) bond motifs is 1. The standard InChI is InChI=1S/C30H38N2O6/c1-5-7-22-28(35)19(3)37-15-12-18(2)8-10-23(21-9-11-25-24(16-21)31-20(4)38-25)32-27(34)17-26(33)30(29(22)36)13-6-14-30/h1,8-9,11,16,19,22-23,26,28,33,35H,6-7,10,12-15,17H2,2-4H3,(H,32,34)/b18-8-/t19-,22-,23+,26+,28-/m1/s1. The van der Waals surface area contributed by atoms with Gasteiger partial charge in [-0.15, -0.1) is 12.3 Å². The Bertz CT molecular complexity index is 1240. The van der Waals surface area contributed by atoms with Gasteiger partial charge in [-0.2, -0.15) is 0 Å². The summed E-state index contributed by atoms with van der Waals surface area (Å²) in [5.41, 5.74) is 2.23. The smallest absolute Gasteiger partial charge is 0.223 e. The predicted molar refractivity (Wildman–Crippen MR) is 143 cm³/mol. The summed E-state index contributed by atoms with van der Waals surface area (Å²) in [6.45, 7) is 5.88. The molecule has 0 saturated heterocycles. The van der Waals surface area contributed by atoms with Gasteiger partial charge in [0.05, 0.1) is 48.7 Å². The molecular weight excluding hydrogens is 484 g/mol. The van der Waals surface area contributed by atoms with Gasteiger partial charge in [-0.25, -0.2) is 4.98 Å². The predicted octanol–water partition coefficient (Wildman–Crippen LogP) is 3.93. The highest BCUT2D eigenvalue weighted by Gasteiger charge is 2.53. The third kappa shape index (κ3) is 5.85. The zero-order valence-electron chi connectivity index (χ0n) is 22.4. The number of ether oxygens (including phenoxy) is 1. The maximum Gasteiger partial charge on any atom is 0.223 e. The molecule has 5 atom stereocenters. The number of aryl methyl sites for hydroxylation is 1. The SMILES string of the molecule is C#CC[C@H]1C(=O)C2(CCC2)[C@@H](O)CC(=O)N[C@H](c2ccc3oc(C)nc3c2)C/C=C(/C)CCO[C@H](C)[C@H]1O. The molecule has 3 N–H and O–H groups in total. The van der Waals surface area contributed by atoms with E-state index in [1.165, 1.54) is 0 Å². The number of Topliss-reactive ketones (excluding diaryl/α,β-unsaturated/α-hetero) is 1. The summed E-state index contributed by atoms with van der Waals surface area (Å²) >= 11 is 0. The summed E-state index contributed by atoms with van der Waals surface area (Å²) < 4.78 is 11.5. The molecule has 1 amide bonds. The van der Waals surface area contributed by atoms with Crippen LogP contribution in [0.4, 0.5) is 0 Å². The Balaban J connectivity index is 1.65. The average molecular weight is 523 g/mol. The Hall–Kier alpha value is -2.99. The van der Waals surface area contributed by atoms with Gasteiger partial charge in [-0.05, 0) is 57.2 Å². The molecule has 0 unspecified atom stereocenters. The number of rotatable bonds is 2. The van der Waals surface area contributed by atoms with Crippen LogP contribution in [0.1, 0.15) is 76.3 Å². The van der Waals surface area contributed by atoms with Gasteiger partial charge in [0.25, 0.3) is 0 Å². The first-order valence-electron chi connectivity index (χ1n) is 13.4. The third-order valence-corrected chi connectivity index (χ3v) is 8.16. The normalized spacial score (nSPS) is 30.7. The number of aliphatic hydroxyl groups is 2. The number of terminal acetylenes is 1. The molecule has 4 rings (SSSR count). The minimum Gasteiger partial charge on any atom is -0.441 e. The Morgan fingerprint density at radius 2 is 2.00 bits per heavy atom. The van der Waals surface area contributed by atoms with Crippen molar-refractivity contribution in [2.24, 2.45) is 11.3 Å². The lowest BCUT2D eigenvalue weighted by Gasteiger charge is -2.46. The van der Waals surface area contributed by atoms with Crippen LogP contribution in [-0.2, 0) is 14.3 Å². The number of oxazole rings is 1. The van der Waals surface area contributed by atoms with Gasteiger partial charge in [0, 0.05) is 13.3 Å². The molecule has 8 heteroatoms. The Morgan fingerprint density at radius 1 is 1.24 bits per heavy atom. The van der Waals surface area contributed by atoms with Gasteiger partial charge in [0.2, 0.25) is 5.91 Å². The van der Waals surface area contributed by atoms with Crippen molar-refractivity contribution < 1.29 is 29.0 Å². The zero-order chi connectivity index (χ0) is 27.4. The van der Waals surface area contributed by atoms with Crippen LogP contribution in [0.15, 0.2) is 34.3 Å². The summed E-state index contributed by atoms with van der Waals surface area (Å²) in [6, 6.07) is 5.30. The van der Waals surface area contributed by atoms with Crippen molar-refractivity contribution in [1.82, 2.24) is 10.3 Å². The highest BCUT2D eigenvalue weighted by Crippen LogP contribution is 2.48. The number of benzene rings is 1. The van der Waals surface area contributed by atoms with E-state index in [9.17, 15) is 19.8 Å². The van der Waals surface area contributed by atoms with E-state index in [1.54, 1.807) is 13.8 Å². The number of ketones is 1. The molecule has 1 aromatic heterocycles. The van der Waals surface area contributed by atoms with E-state index in [4.69, 9.17) is 15.6 Å². The van der Waals surface area contributed by atoms with E-state index in [0.29, 0.717) is 49.3 Å². The summed E-state index contributed by atoms with van der Waals surface area (Å²) in [7, 11) is 0. The average Bonchev–Trinajstić information content (AvgIpc) is 3.22. The van der Waals surface area contributed by atoms with Crippen molar-refractivity contribution in [3.05, 3.63) is 41.3 Å². The number of carbonyl (C=O) groups is 2. The number of hydrogen-bond acceptors (Lipinski definition) is 7. The number of amides is 1. The number of aromatic nitrogens is 1. The number of aliphatic hydroxyl groups excluding tert-OH is 2. The molecule has 0 bridgehead atoms. The maximum atomic E-state index is 13.7. The van der Waals surface area contributed by atoms with Gasteiger partial charge in [-0.1, -0.05) is 24.1 Å².